The van der Waals surface area contributed by atoms with E-state index in [1.807, 2.05) is 24.3 Å². The molecule has 7 heteroatoms. The van der Waals surface area contributed by atoms with Gasteiger partial charge in [0.05, 0.1) is 11.7 Å². The highest BCUT2D eigenvalue weighted by atomic mass is 19.1. The molecule has 1 atom stereocenters. The smallest absolute Gasteiger partial charge is 0.251 e. The summed E-state index contributed by atoms with van der Waals surface area (Å²) in [5.74, 6) is -2.11. The molecule has 122 valence electrons. The van der Waals surface area contributed by atoms with Gasteiger partial charge in [-0.3, -0.25) is 4.79 Å². The molecule has 0 saturated heterocycles. The van der Waals surface area contributed by atoms with Gasteiger partial charge in [-0.2, -0.15) is 5.10 Å². The first-order valence-electron chi connectivity index (χ1n) is 7.25. The molecule has 1 amide bonds. The molecule has 0 aliphatic heterocycles. The van der Waals surface area contributed by atoms with Crippen LogP contribution in [0.4, 0.5) is 8.78 Å². The van der Waals surface area contributed by atoms with Gasteiger partial charge in [0.25, 0.3) is 5.91 Å². The van der Waals surface area contributed by atoms with E-state index in [-0.39, 0.29) is 11.6 Å². The summed E-state index contributed by atoms with van der Waals surface area (Å²) in [6, 6.07) is 9.76. The number of nitrogens with zero attached hydrogens (tertiary/aromatic N) is 3. The number of halogens is 2. The topological polar surface area (TPSA) is 59.8 Å². The Hall–Kier alpha value is -3.09. The third-order valence-corrected chi connectivity index (χ3v) is 3.55. The second kappa shape index (κ2) is 6.57. The van der Waals surface area contributed by atoms with Gasteiger partial charge < -0.3 is 5.32 Å². The van der Waals surface area contributed by atoms with Crippen molar-refractivity contribution < 1.29 is 13.6 Å². The Kier molecular flexibility index (Phi) is 4.33. The van der Waals surface area contributed by atoms with Crippen molar-refractivity contribution in [2.24, 2.45) is 0 Å². The van der Waals surface area contributed by atoms with Crippen LogP contribution in [0.15, 0.2) is 55.1 Å². The molecular weight excluding hydrogens is 314 g/mol. The summed E-state index contributed by atoms with van der Waals surface area (Å²) in [6.07, 6.45) is 3.02. The fraction of sp³-hybridized carbons (Fsp3) is 0.118. The van der Waals surface area contributed by atoms with Gasteiger partial charge in [0.15, 0.2) is 0 Å². The quantitative estimate of drug-likeness (QED) is 0.801. The maximum absolute atomic E-state index is 13.2. The summed E-state index contributed by atoms with van der Waals surface area (Å²) >= 11 is 0. The zero-order valence-electron chi connectivity index (χ0n) is 12.8. The molecule has 0 unspecified atom stereocenters. The minimum absolute atomic E-state index is 0.0569. The lowest BCUT2D eigenvalue weighted by Crippen LogP contribution is -2.26. The van der Waals surface area contributed by atoms with Crippen molar-refractivity contribution in [2.45, 2.75) is 13.0 Å². The van der Waals surface area contributed by atoms with E-state index in [4.69, 9.17) is 0 Å². The molecule has 0 spiro atoms. The highest BCUT2D eigenvalue weighted by molar-refractivity contribution is 5.94. The molecule has 0 radical (unpaired) electrons. The largest absolute Gasteiger partial charge is 0.346 e. The Morgan fingerprint density at radius 1 is 1.12 bits per heavy atom. The molecule has 1 heterocycles. The fourth-order valence-electron chi connectivity index (χ4n) is 2.31. The average Bonchev–Trinajstić information content (AvgIpc) is 3.08. The van der Waals surface area contributed by atoms with E-state index in [2.05, 4.69) is 15.4 Å². The van der Waals surface area contributed by atoms with E-state index < -0.39 is 17.5 Å². The van der Waals surface area contributed by atoms with Gasteiger partial charge in [-0.1, -0.05) is 12.1 Å². The van der Waals surface area contributed by atoms with E-state index in [9.17, 15) is 13.6 Å². The highest BCUT2D eigenvalue weighted by Gasteiger charge is 2.13. The minimum Gasteiger partial charge on any atom is -0.346 e. The average molecular weight is 328 g/mol. The number of hydrogen-bond acceptors (Lipinski definition) is 3. The number of benzene rings is 2. The molecule has 0 aliphatic carbocycles. The summed E-state index contributed by atoms with van der Waals surface area (Å²) in [5.41, 5.74) is 1.63. The number of carbonyl (C=O) groups excluding carboxylic acids is 1. The number of hydrogen-bond donors (Lipinski definition) is 1. The molecule has 3 rings (SSSR count). The normalized spacial score (nSPS) is 12.0. The van der Waals surface area contributed by atoms with Crippen molar-refractivity contribution in [1.29, 1.82) is 0 Å². The molecule has 0 bridgehead atoms. The Bertz CT molecular complexity index is 827. The molecule has 0 aliphatic rings. The van der Waals surface area contributed by atoms with Crippen LogP contribution in [0.25, 0.3) is 5.69 Å². The first kappa shape index (κ1) is 15.8. The molecule has 2 aromatic carbocycles. The third kappa shape index (κ3) is 3.45. The summed E-state index contributed by atoms with van der Waals surface area (Å²) in [5, 5.41) is 6.74. The summed E-state index contributed by atoms with van der Waals surface area (Å²) in [4.78, 5) is 16.0. The second-order valence-corrected chi connectivity index (χ2v) is 5.28. The Labute approximate surface area is 137 Å². The van der Waals surface area contributed by atoms with Gasteiger partial charge >= 0.3 is 0 Å². The van der Waals surface area contributed by atoms with Crippen LogP contribution in [0.5, 0.6) is 0 Å². The van der Waals surface area contributed by atoms with E-state index in [1.54, 1.807) is 17.9 Å². The number of aromatic nitrogens is 3. The van der Waals surface area contributed by atoms with Crippen molar-refractivity contribution in [3.8, 4) is 5.69 Å². The Morgan fingerprint density at radius 2 is 1.79 bits per heavy atom. The van der Waals surface area contributed by atoms with Crippen molar-refractivity contribution in [1.82, 2.24) is 20.1 Å². The molecule has 24 heavy (non-hydrogen) atoms. The zero-order valence-corrected chi connectivity index (χ0v) is 12.8. The number of nitrogens with one attached hydrogen (secondary N) is 1. The van der Waals surface area contributed by atoms with Crippen molar-refractivity contribution in [3.05, 3.63) is 77.9 Å². The molecule has 1 N–H and O–H groups in total. The second-order valence-electron chi connectivity index (χ2n) is 5.28. The lowest BCUT2D eigenvalue weighted by Gasteiger charge is -2.15. The lowest BCUT2D eigenvalue weighted by molar-refractivity contribution is 0.0939. The standard InChI is InChI=1S/C17H14F2N4O/c1-11(22-17(24)13-6-14(18)8-15(19)7-13)12-2-4-16(5-3-12)23-10-20-9-21-23/h2-11H,1H3,(H,22,24)/t11-/m1/s1. The van der Waals surface area contributed by atoms with Crippen LogP contribution in [-0.2, 0) is 0 Å². The van der Waals surface area contributed by atoms with Gasteiger partial charge in [-0.05, 0) is 36.8 Å². The Balaban J connectivity index is 1.72. The third-order valence-electron chi connectivity index (χ3n) is 3.55. The highest BCUT2D eigenvalue weighted by Crippen LogP contribution is 2.16. The predicted octanol–water partition coefficient (Wildman–Crippen LogP) is 3.04. The van der Waals surface area contributed by atoms with Crippen molar-refractivity contribution in [2.75, 3.05) is 0 Å². The van der Waals surface area contributed by atoms with Gasteiger partial charge in [-0.15, -0.1) is 0 Å². The van der Waals surface area contributed by atoms with Crippen LogP contribution in [0.1, 0.15) is 28.9 Å². The van der Waals surface area contributed by atoms with E-state index in [0.29, 0.717) is 0 Å². The molecule has 0 fully saturated rings. The van der Waals surface area contributed by atoms with Crippen LogP contribution < -0.4 is 5.32 Å². The summed E-state index contributed by atoms with van der Waals surface area (Å²) < 4.78 is 28.0. The monoisotopic (exact) mass is 328 g/mol. The zero-order chi connectivity index (χ0) is 17.1. The number of carbonyl (C=O) groups is 1. The SMILES string of the molecule is C[C@@H](NC(=O)c1cc(F)cc(F)c1)c1ccc(-n2cncn2)cc1. The van der Waals surface area contributed by atoms with Crippen molar-refractivity contribution in [3.63, 3.8) is 0 Å². The lowest BCUT2D eigenvalue weighted by atomic mass is 10.1. The van der Waals surface area contributed by atoms with Gasteiger partial charge in [0.2, 0.25) is 0 Å². The van der Waals surface area contributed by atoms with E-state index in [0.717, 1.165) is 29.4 Å². The van der Waals surface area contributed by atoms with Crippen LogP contribution in [0.3, 0.4) is 0 Å². The van der Waals surface area contributed by atoms with Gasteiger partial charge in [0.1, 0.15) is 24.3 Å². The summed E-state index contributed by atoms with van der Waals surface area (Å²) in [7, 11) is 0. The fourth-order valence-corrected chi connectivity index (χ4v) is 2.31. The van der Waals surface area contributed by atoms with E-state index >= 15 is 0 Å². The van der Waals surface area contributed by atoms with Crippen LogP contribution in [0.2, 0.25) is 0 Å². The van der Waals surface area contributed by atoms with E-state index in [1.165, 1.54) is 6.33 Å². The van der Waals surface area contributed by atoms with Gasteiger partial charge in [0, 0.05) is 11.6 Å². The minimum atomic E-state index is -0.787. The van der Waals surface area contributed by atoms with Crippen LogP contribution >= 0.6 is 0 Å². The molecule has 0 saturated carbocycles. The molecule has 3 aromatic rings. The maximum atomic E-state index is 13.2. The van der Waals surface area contributed by atoms with Crippen LogP contribution in [-0.4, -0.2) is 20.7 Å². The summed E-state index contributed by atoms with van der Waals surface area (Å²) in [6.45, 7) is 1.79. The van der Waals surface area contributed by atoms with Crippen LogP contribution in [0, 0.1) is 11.6 Å². The molecule has 1 aromatic heterocycles. The first-order valence-corrected chi connectivity index (χ1v) is 7.25. The number of amides is 1. The van der Waals surface area contributed by atoms with Gasteiger partial charge in [-0.25, -0.2) is 18.4 Å². The van der Waals surface area contributed by atoms with Crippen molar-refractivity contribution >= 4 is 5.91 Å². The number of rotatable bonds is 4. The maximum Gasteiger partial charge on any atom is 0.251 e. The Morgan fingerprint density at radius 3 is 2.38 bits per heavy atom. The molecule has 5 nitrogen and oxygen atoms in total. The molecular formula is C17H14F2N4O. The first-order chi connectivity index (χ1) is 11.5. The predicted molar refractivity (Wildman–Crippen MR) is 83.6 cm³/mol.